The number of hydrazine groups is 1. The molecule has 1 aromatic carbocycles. The van der Waals surface area contributed by atoms with Crippen LogP contribution in [0.1, 0.15) is 12.5 Å². The summed E-state index contributed by atoms with van der Waals surface area (Å²) in [7, 11) is 0. The quantitative estimate of drug-likeness (QED) is 0.335. The zero-order valence-corrected chi connectivity index (χ0v) is 8.80. The van der Waals surface area contributed by atoms with Gasteiger partial charge in [0, 0.05) is 0 Å². The van der Waals surface area contributed by atoms with Gasteiger partial charge in [-0.15, -0.1) is 0 Å². The highest BCUT2D eigenvalue weighted by atomic mass is 16.4. The standard InChI is InChI=1S/C8H12N2.C2H2O4/c1-2-7-5-3-4-6-8(7)10-9;3-1(4)2(5)6/h3-6,10H,2,9H2,1H3;(H,3,4)(H,5,6). The Morgan fingerprint density at radius 3 is 2.06 bits per heavy atom. The van der Waals surface area contributed by atoms with Crippen LogP contribution in [0.3, 0.4) is 0 Å². The molecule has 0 aliphatic heterocycles. The lowest BCUT2D eigenvalue weighted by molar-refractivity contribution is -0.159. The summed E-state index contributed by atoms with van der Waals surface area (Å²) in [5, 5.41) is 14.8. The molecule has 0 saturated heterocycles. The van der Waals surface area contributed by atoms with Crippen molar-refractivity contribution in [2.75, 3.05) is 5.43 Å². The average Bonchev–Trinajstić information content (AvgIpc) is 2.29. The first-order chi connectivity index (χ1) is 7.52. The molecule has 1 rings (SSSR count). The topological polar surface area (TPSA) is 113 Å². The second-order valence-electron chi connectivity index (χ2n) is 2.77. The third-order valence-corrected chi connectivity index (χ3v) is 1.74. The van der Waals surface area contributed by atoms with Crippen LogP contribution < -0.4 is 11.3 Å². The largest absolute Gasteiger partial charge is 0.473 e. The fourth-order valence-corrected chi connectivity index (χ4v) is 0.969. The molecule has 1 aromatic rings. The van der Waals surface area contributed by atoms with Crippen LogP contribution >= 0.6 is 0 Å². The van der Waals surface area contributed by atoms with E-state index in [0.717, 1.165) is 12.1 Å². The summed E-state index contributed by atoms with van der Waals surface area (Å²) in [5.41, 5.74) is 4.92. The van der Waals surface area contributed by atoms with Gasteiger partial charge in [-0.05, 0) is 18.1 Å². The third kappa shape index (κ3) is 4.97. The maximum absolute atomic E-state index is 9.10. The molecular weight excluding hydrogens is 212 g/mol. The second-order valence-corrected chi connectivity index (χ2v) is 2.77. The molecule has 0 radical (unpaired) electrons. The van der Waals surface area contributed by atoms with Crippen LogP contribution in [0.4, 0.5) is 5.69 Å². The van der Waals surface area contributed by atoms with Crippen LogP contribution in [-0.2, 0) is 16.0 Å². The number of carboxylic acid groups (broad SMARTS) is 2. The number of nitrogens with two attached hydrogens (primary N) is 1. The lowest BCUT2D eigenvalue weighted by Gasteiger charge is -2.04. The molecule has 0 amide bonds. The van der Waals surface area contributed by atoms with E-state index in [1.165, 1.54) is 5.56 Å². The fraction of sp³-hybridized carbons (Fsp3) is 0.200. The number of nitrogen functional groups attached to an aromatic ring is 1. The predicted molar refractivity (Wildman–Crippen MR) is 58.9 cm³/mol. The lowest BCUT2D eigenvalue weighted by atomic mass is 10.1. The monoisotopic (exact) mass is 226 g/mol. The Morgan fingerprint density at radius 2 is 1.75 bits per heavy atom. The molecule has 0 atom stereocenters. The highest BCUT2D eigenvalue weighted by Gasteiger charge is 2.04. The van der Waals surface area contributed by atoms with Crippen LogP contribution in [-0.4, -0.2) is 22.2 Å². The van der Waals surface area contributed by atoms with Gasteiger partial charge in [-0.1, -0.05) is 25.1 Å². The van der Waals surface area contributed by atoms with Crippen LogP contribution in [0.15, 0.2) is 24.3 Å². The van der Waals surface area contributed by atoms with E-state index in [0.29, 0.717) is 0 Å². The van der Waals surface area contributed by atoms with Gasteiger partial charge in [0.05, 0.1) is 5.69 Å². The number of hydrogen-bond donors (Lipinski definition) is 4. The zero-order valence-electron chi connectivity index (χ0n) is 8.80. The summed E-state index contributed by atoms with van der Waals surface area (Å²) in [4.78, 5) is 18.2. The van der Waals surface area contributed by atoms with Gasteiger partial charge in [0.2, 0.25) is 0 Å². The van der Waals surface area contributed by atoms with Gasteiger partial charge in [0.25, 0.3) is 0 Å². The van der Waals surface area contributed by atoms with Gasteiger partial charge < -0.3 is 15.6 Å². The van der Waals surface area contributed by atoms with Crippen molar-refractivity contribution in [3.8, 4) is 0 Å². The molecule has 0 saturated carbocycles. The van der Waals surface area contributed by atoms with Crippen molar-refractivity contribution >= 4 is 17.6 Å². The summed E-state index contributed by atoms with van der Waals surface area (Å²) in [6.07, 6.45) is 1.01. The molecule has 6 heteroatoms. The highest BCUT2D eigenvalue weighted by molar-refractivity contribution is 6.27. The maximum atomic E-state index is 9.10. The van der Waals surface area contributed by atoms with Crippen molar-refractivity contribution in [2.45, 2.75) is 13.3 Å². The number of rotatable bonds is 2. The first kappa shape index (κ1) is 13.9. The number of carboxylic acids is 2. The van der Waals surface area contributed by atoms with Gasteiger partial charge in [0.1, 0.15) is 0 Å². The average molecular weight is 226 g/mol. The van der Waals surface area contributed by atoms with Crippen LogP contribution in [0.2, 0.25) is 0 Å². The smallest absolute Gasteiger partial charge is 0.414 e. The van der Waals surface area contributed by atoms with Crippen LogP contribution in [0, 0.1) is 0 Å². The summed E-state index contributed by atoms with van der Waals surface area (Å²) < 4.78 is 0. The second kappa shape index (κ2) is 7.24. The summed E-state index contributed by atoms with van der Waals surface area (Å²) in [6, 6.07) is 8.02. The molecule has 16 heavy (non-hydrogen) atoms. The molecule has 0 spiro atoms. The fourth-order valence-electron chi connectivity index (χ4n) is 0.969. The Balaban J connectivity index is 0.000000325. The van der Waals surface area contributed by atoms with E-state index >= 15 is 0 Å². The number of para-hydroxylation sites is 1. The Morgan fingerprint density at radius 1 is 1.25 bits per heavy atom. The third-order valence-electron chi connectivity index (χ3n) is 1.74. The van der Waals surface area contributed by atoms with Crippen molar-refractivity contribution in [1.82, 2.24) is 0 Å². The normalized spacial score (nSPS) is 8.62. The Bertz CT molecular complexity index is 331. The van der Waals surface area contributed by atoms with Crippen molar-refractivity contribution in [1.29, 1.82) is 0 Å². The number of nitrogens with one attached hydrogen (secondary N) is 1. The SMILES string of the molecule is CCc1ccccc1NN.O=C(O)C(=O)O. The first-order valence-corrected chi connectivity index (χ1v) is 4.53. The van der Waals surface area contributed by atoms with Crippen molar-refractivity contribution in [2.24, 2.45) is 5.84 Å². The van der Waals surface area contributed by atoms with E-state index in [1.54, 1.807) is 0 Å². The minimum absolute atomic E-state index is 1.01. The molecule has 0 aromatic heterocycles. The summed E-state index contributed by atoms with van der Waals surface area (Å²) >= 11 is 0. The first-order valence-electron chi connectivity index (χ1n) is 4.53. The van der Waals surface area contributed by atoms with E-state index in [9.17, 15) is 0 Å². The minimum Gasteiger partial charge on any atom is -0.473 e. The molecule has 0 aliphatic carbocycles. The minimum atomic E-state index is -1.82. The molecule has 0 heterocycles. The zero-order chi connectivity index (χ0) is 12.6. The number of hydrogen-bond acceptors (Lipinski definition) is 4. The number of aliphatic carboxylic acids is 2. The van der Waals surface area contributed by atoms with Crippen molar-refractivity contribution < 1.29 is 19.8 Å². The van der Waals surface area contributed by atoms with Gasteiger partial charge >= 0.3 is 11.9 Å². The summed E-state index contributed by atoms with van der Waals surface area (Å²) in [5.74, 6) is 1.63. The van der Waals surface area contributed by atoms with Gasteiger partial charge in [-0.2, -0.15) is 0 Å². The molecule has 0 aliphatic rings. The predicted octanol–water partition coefficient (Wildman–Crippen LogP) is 0.690. The van der Waals surface area contributed by atoms with E-state index in [2.05, 4.69) is 18.4 Å². The van der Waals surface area contributed by atoms with E-state index in [1.807, 2.05) is 18.2 Å². The Kier molecular flexibility index (Phi) is 6.30. The molecule has 88 valence electrons. The van der Waals surface area contributed by atoms with Crippen LogP contribution in [0.25, 0.3) is 0 Å². The van der Waals surface area contributed by atoms with Gasteiger partial charge in [-0.3, -0.25) is 5.84 Å². The Hall–Kier alpha value is -2.08. The number of aryl methyl sites for hydroxylation is 1. The van der Waals surface area contributed by atoms with E-state index in [-0.39, 0.29) is 0 Å². The molecule has 0 bridgehead atoms. The van der Waals surface area contributed by atoms with Gasteiger partial charge in [0.15, 0.2) is 0 Å². The molecule has 6 nitrogen and oxygen atoms in total. The molecule has 5 N–H and O–H groups in total. The van der Waals surface area contributed by atoms with E-state index in [4.69, 9.17) is 25.6 Å². The summed E-state index contributed by atoms with van der Waals surface area (Å²) in [6.45, 7) is 2.11. The number of carbonyl (C=O) groups is 2. The highest BCUT2D eigenvalue weighted by Crippen LogP contribution is 2.12. The van der Waals surface area contributed by atoms with Crippen LogP contribution in [0.5, 0.6) is 0 Å². The van der Waals surface area contributed by atoms with Gasteiger partial charge in [-0.25, -0.2) is 9.59 Å². The number of anilines is 1. The maximum Gasteiger partial charge on any atom is 0.414 e. The molecular formula is C10H14N2O4. The number of benzene rings is 1. The molecule has 0 unspecified atom stereocenters. The lowest BCUT2D eigenvalue weighted by Crippen LogP contribution is -2.09. The van der Waals surface area contributed by atoms with Crippen molar-refractivity contribution in [3.05, 3.63) is 29.8 Å². The Labute approximate surface area is 92.7 Å². The van der Waals surface area contributed by atoms with E-state index < -0.39 is 11.9 Å². The molecule has 0 fully saturated rings. The van der Waals surface area contributed by atoms with Crippen molar-refractivity contribution in [3.63, 3.8) is 0 Å².